The van der Waals surface area contributed by atoms with E-state index >= 15 is 0 Å². The lowest BCUT2D eigenvalue weighted by Crippen LogP contribution is -1.76. The molecule has 0 bridgehead atoms. The molecule has 0 atom stereocenters. The molecule has 0 saturated carbocycles. The summed E-state index contributed by atoms with van der Waals surface area (Å²) in [6.45, 7) is 0. The third-order valence-electron chi connectivity index (χ3n) is 1.13. The number of hydrogen-bond acceptors (Lipinski definition) is 1. The van der Waals surface area contributed by atoms with E-state index in [-0.39, 0.29) is 12.4 Å². The maximum absolute atomic E-state index is 8.27. The molecule has 0 N–H and O–H groups in total. The highest BCUT2D eigenvalue weighted by molar-refractivity contribution is 5.85. The van der Waals surface area contributed by atoms with Gasteiger partial charge in [-0.05, 0) is 5.56 Å². The predicted molar refractivity (Wildman–Crippen MR) is 43.0 cm³/mol. The fourth-order valence-electron chi connectivity index (χ4n) is 0.687. The van der Waals surface area contributed by atoms with Crippen LogP contribution in [0.3, 0.4) is 0 Å². The van der Waals surface area contributed by atoms with Crippen LogP contribution < -0.4 is 0 Å². The van der Waals surface area contributed by atoms with Gasteiger partial charge in [0.05, 0.1) is 12.5 Å². The van der Waals surface area contributed by atoms with Crippen LogP contribution in [0.2, 0.25) is 0 Å². The van der Waals surface area contributed by atoms with Gasteiger partial charge in [0.2, 0.25) is 0 Å². The molecular weight excluding hydrogens is 146 g/mol. The second kappa shape index (κ2) is 4.84. The van der Waals surface area contributed by atoms with Gasteiger partial charge in [0.15, 0.2) is 0 Å². The largest absolute Gasteiger partial charge is 0.198 e. The highest BCUT2D eigenvalue weighted by atomic mass is 35.5. The van der Waals surface area contributed by atoms with Crippen LogP contribution in [0.25, 0.3) is 0 Å². The van der Waals surface area contributed by atoms with Crippen LogP contribution in [0.4, 0.5) is 0 Å². The lowest BCUT2D eigenvalue weighted by atomic mass is 10.2. The van der Waals surface area contributed by atoms with Crippen LogP contribution in [-0.2, 0) is 6.42 Å². The van der Waals surface area contributed by atoms with Gasteiger partial charge in [-0.25, -0.2) is 0 Å². The molecule has 0 unspecified atom stereocenters. The highest BCUT2D eigenvalue weighted by Crippen LogP contribution is 1.96. The van der Waals surface area contributed by atoms with Crippen LogP contribution in [0, 0.1) is 11.3 Å². The number of halogens is 1. The van der Waals surface area contributed by atoms with Crippen molar-refractivity contribution in [2.45, 2.75) is 6.42 Å². The van der Waals surface area contributed by atoms with E-state index < -0.39 is 0 Å². The van der Waals surface area contributed by atoms with E-state index in [0.717, 1.165) is 5.56 Å². The Bertz CT molecular complexity index is 212. The summed E-state index contributed by atoms with van der Waals surface area (Å²) < 4.78 is 0. The first kappa shape index (κ1) is 9.00. The van der Waals surface area contributed by atoms with Gasteiger partial charge in [0.1, 0.15) is 0 Å². The smallest absolute Gasteiger partial charge is 0.0669 e. The van der Waals surface area contributed by atoms with Crippen LogP contribution in [-0.4, -0.2) is 0 Å². The second-order valence-corrected chi connectivity index (χ2v) is 1.82. The summed E-state index contributed by atoms with van der Waals surface area (Å²) in [7, 11) is 0. The van der Waals surface area contributed by atoms with Crippen molar-refractivity contribution in [3.63, 3.8) is 0 Å². The summed E-state index contributed by atoms with van der Waals surface area (Å²) in [5.74, 6) is 0. The number of benzene rings is 1. The molecule has 0 fully saturated rings. The summed E-state index contributed by atoms with van der Waals surface area (Å²) in [4.78, 5) is 0. The zero-order chi connectivity index (χ0) is 6.53. The number of nitriles is 1. The van der Waals surface area contributed by atoms with Crippen LogP contribution in [0.15, 0.2) is 30.3 Å². The van der Waals surface area contributed by atoms with Crippen molar-refractivity contribution in [1.29, 1.82) is 5.26 Å². The van der Waals surface area contributed by atoms with E-state index in [4.69, 9.17) is 5.26 Å². The molecule has 0 aromatic heterocycles. The molecule has 0 amide bonds. The molecule has 0 aliphatic rings. The van der Waals surface area contributed by atoms with Crippen molar-refractivity contribution in [2.24, 2.45) is 0 Å². The van der Waals surface area contributed by atoms with E-state index in [1.54, 1.807) is 0 Å². The van der Waals surface area contributed by atoms with Gasteiger partial charge in [0.25, 0.3) is 0 Å². The summed E-state index contributed by atoms with van der Waals surface area (Å²) in [6, 6.07) is 11.8. The molecule has 1 rings (SSSR count). The third kappa shape index (κ3) is 2.52. The van der Waals surface area contributed by atoms with E-state index in [1.165, 1.54) is 0 Å². The lowest BCUT2D eigenvalue weighted by molar-refractivity contribution is 1.26. The minimum Gasteiger partial charge on any atom is -0.198 e. The normalized spacial score (nSPS) is 7.50. The summed E-state index contributed by atoms with van der Waals surface area (Å²) in [6.07, 6.45) is 0.515. The monoisotopic (exact) mass is 153 g/mol. The number of rotatable bonds is 1. The molecule has 1 aromatic rings. The summed E-state index contributed by atoms with van der Waals surface area (Å²) in [5, 5.41) is 8.27. The minimum absolute atomic E-state index is 0. The standard InChI is InChI=1S/C8H7N.ClH/c9-7-6-8-4-2-1-3-5-8;/h1-5H,6H2;1H. The van der Waals surface area contributed by atoms with Gasteiger partial charge in [-0.3, -0.25) is 0 Å². The van der Waals surface area contributed by atoms with Gasteiger partial charge in [-0.15, -0.1) is 12.4 Å². The quantitative estimate of drug-likeness (QED) is 0.607. The predicted octanol–water partition coefficient (Wildman–Crippen LogP) is 2.17. The third-order valence-corrected chi connectivity index (χ3v) is 1.13. The average Bonchev–Trinajstić information content (AvgIpc) is 1.91. The molecule has 2 heteroatoms. The summed E-state index contributed by atoms with van der Waals surface area (Å²) in [5.41, 5.74) is 1.08. The average molecular weight is 154 g/mol. The molecule has 0 aliphatic heterocycles. The topological polar surface area (TPSA) is 23.8 Å². The Morgan fingerprint density at radius 3 is 2.30 bits per heavy atom. The molecule has 0 heterocycles. The second-order valence-electron chi connectivity index (χ2n) is 1.82. The Balaban J connectivity index is 0.000000810. The molecular formula is C8H8ClN. The first-order valence-corrected chi connectivity index (χ1v) is 2.84. The Morgan fingerprint density at radius 1 is 1.20 bits per heavy atom. The molecule has 52 valence electrons. The van der Waals surface area contributed by atoms with Gasteiger partial charge < -0.3 is 0 Å². The first-order valence-electron chi connectivity index (χ1n) is 2.84. The summed E-state index contributed by atoms with van der Waals surface area (Å²) >= 11 is 0. The highest BCUT2D eigenvalue weighted by Gasteiger charge is 1.84. The molecule has 0 aliphatic carbocycles. The van der Waals surface area contributed by atoms with E-state index in [9.17, 15) is 0 Å². The van der Waals surface area contributed by atoms with Gasteiger partial charge in [-0.2, -0.15) is 5.26 Å². The zero-order valence-electron chi connectivity index (χ0n) is 5.45. The molecule has 10 heavy (non-hydrogen) atoms. The fraction of sp³-hybridized carbons (Fsp3) is 0.125. The minimum atomic E-state index is 0. The fourth-order valence-corrected chi connectivity index (χ4v) is 0.687. The van der Waals surface area contributed by atoms with Crippen molar-refractivity contribution < 1.29 is 0 Å². The van der Waals surface area contributed by atoms with E-state index in [2.05, 4.69) is 6.07 Å². The van der Waals surface area contributed by atoms with Crippen molar-refractivity contribution in [3.8, 4) is 6.07 Å². The Morgan fingerprint density at radius 2 is 1.80 bits per heavy atom. The van der Waals surface area contributed by atoms with Gasteiger partial charge in [0, 0.05) is 0 Å². The maximum Gasteiger partial charge on any atom is 0.0669 e. The van der Waals surface area contributed by atoms with E-state index in [0.29, 0.717) is 6.42 Å². The molecule has 0 radical (unpaired) electrons. The molecule has 0 saturated heterocycles. The Labute approximate surface area is 66.7 Å². The van der Waals surface area contributed by atoms with E-state index in [1.807, 2.05) is 30.3 Å². The zero-order valence-corrected chi connectivity index (χ0v) is 6.27. The van der Waals surface area contributed by atoms with Crippen LogP contribution in [0.5, 0.6) is 0 Å². The lowest BCUT2D eigenvalue weighted by Gasteiger charge is -1.88. The maximum atomic E-state index is 8.27. The van der Waals surface area contributed by atoms with Crippen molar-refractivity contribution in [2.75, 3.05) is 0 Å². The van der Waals surface area contributed by atoms with Crippen LogP contribution in [0.1, 0.15) is 5.56 Å². The van der Waals surface area contributed by atoms with Gasteiger partial charge >= 0.3 is 0 Å². The van der Waals surface area contributed by atoms with Crippen molar-refractivity contribution in [3.05, 3.63) is 35.9 Å². The SMILES string of the molecule is Cl.N#CCc1ccccc1. The van der Waals surface area contributed by atoms with Gasteiger partial charge in [-0.1, -0.05) is 30.3 Å². The van der Waals surface area contributed by atoms with Crippen molar-refractivity contribution in [1.82, 2.24) is 0 Å². The Hall–Kier alpha value is -1.00. The Kier molecular flexibility index (Phi) is 4.36. The number of hydrogen-bond donors (Lipinski definition) is 0. The van der Waals surface area contributed by atoms with Crippen LogP contribution >= 0.6 is 12.4 Å². The molecule has 0 spiro atoms. The number of nitrogens with zero attached hydrogens (tertiary/aromatic N) is 1. The molecule has 1 aromatic carbocycles. The van der Waals surface area contributed by atoms with Crippen molar-refractivity contribution >= 4 is 12.4 Å². The first-order chi connectivity index (χ1) is 4.43. The molecule has 1 nitrogen and oxygen atoms in total.